The van der Waals surface area contributed by atoms with Gasteiger partial charge in [-0.2, -0.15) is 13.5 Å². The largest absolute Gasteiger partial charge is 0.350 e. The molecule has 0 radical (unpaired) electrons. The van der Waals surface area contributed by atoms with E-state index in [1.54, 1.807) is 26.0 Å². The number of rotatable bonds is 5. The summed E-state index contributed by atoms with van der Waals surface area (Å²) >= 11 is 0. The highest BCUT2D eigenvalue weighted by atomic mass is 19.3. The Kier molecular flexibility index (Phi) is 4.93. The van der Waals surface area contributed by atoms with Gasteiger partial charge in [0.15, 0.2) is 5.82 Å². The summed E-state index contributed by atoms with van der Waals surface area (Å²) in [6, 6.07) is 9.29. The van der Waals surface area contributed by atoms with Crippen molar-refractivity contribution in [2.45, 2.75) is 26.2 Å². The van der Waals surface area contributed by atoms with E-state index in [1.165, 1.54) is 24.3 Å². The Labute approximate surface area is 153 Å². The van der Waals surface area contributed by atoms with E-state index in [9.17, 15) is 18.0 Å². The van der Waals surface area contributed by atoms with E-state index in [2.05, 4.69) is 20.8 Å². The van der Waals surface area contributed by atoms with E-state index < -0.39 is 17.6 Å². The van der Waals surface area contributed by atoms with Crippen molar-refractivity contribution in [1.82, 2.24) is 20.2 Å². The van der Waals surface area contributed by atoms with Crippen LogP contribution in [-0.2, 0) is 17.1 Å². The van der Waals surface area contributed by atoms with Gasteiger partial charge in [0.1, 0.15) is 11.5 Å². The van der Waals surface area contributed by atoms with Gasteiger partial charge in [-0.1, -0.05) is 31.2 Å². The second-order valence-electron chi connectivity index (χ2n) is 5.84. The summed E-state index contributed by atoms with van der Waals surface area (Å²) in [5, 5.41) is 12.9. The molecule has 2 aromatic carbocycles. The number of aromatic nitrogens is 4. The van der Waals surface area contributed by atoms with Gasteiger partial charge in [0.2, 0.25) is 0 Å². The van der Waals surface area contributed by atoms with Crippen molar-refractivity contribution in [3.05, 3.63) is 65.2 Å². The number of anilines is 1. The number of amides is 1. The minimum atomic E-state index is -3.74. The van der Waals surface area contributed by atoms with E-state index in [0.29, 0.717) is 17.8 Å². The fourth-order valence-corrected chi connectivity index (χ4v) is 2.67. The number of nitrogens with one attached hydrogen (secondary N) is 1. The normalized spacial score (nSPS) is 11.4. The number of hydrogen-bond acceptors (Lipinski definition) is 4. The minimum absolute atomic E-state index is 0.0000420. The monoisotopic (exact) mass is 375 g/mol. The van der Waals surface area contributed by atoms with Crippen LogP contribution in [0.4, 0.5) is 18.9 Å². The van der Waals surface area contributed by atoms with Gasteiger partial charge in [0, 0.05) is 11.3 Å². The summed E-state index contributed by atoms with van der Waals surface area (Å²) in [6.07, 6.45) is 0.359. The minimum Gasteiger partial charge on any atom is -0.320 e. The predicted octanol–water partition coefficient (Wildman–Crippen LogP) is 3.40. The van der Waals surface area contributed by atoms with E-state index in [0.717, 1.165) is 10.7 Å². The third-order valence-corrected chi connectivity index (χ3v) is 4.08. The second kappa shape index (κ2) is 7.18. The van der Waals surface area contributed by atoms with Gasteiger partial charge in [0.05, 0.1) is 0 Å². The maximum absolute atomic E-state index is 14.7. The standard InChI is InChI=1S/C18H16F3N5O/c1-3-12-6-4-5-7-14(12)18(20,21)17(27)22-13-8-9-15(19)16(10-13)26-11(2)23-24-25-26/h4-10H,3H2,1-2H3,(H,22,27). The molecule has 0 fully saturated rings. The molecule has 6 nitrogen and oxygen atoms in total. The van der Waals surface area contributed by atoms with Crippen molar-refractivity contribution in [3.63, 3.8) is 0 Å². The zero-order valence-electron chi connectivity index (χ0n) is 14.6. The van der Waals surface area contributed by atoms with Crippen LogP contribution in [0.15, 0.2) is 42.5 Å². The maximum Gasteiger partial charge on any atom is 0.350 e. The molecular weight excluding hydrogens is 359 g/mol. The molecule has 0 saturated heterocycles. The van der Waals surface area contributed by atoms with Gasteiger partial charge in [-0.3, -0.25) is 4.79 Å². The Balaban J connectivity index is 1.91. The Morgan fingerprint density at radius 3 is 2.63 bits per heavy atom. The fourth-order valence-electron chi connectivity index (χ4n) is 2.67. The van der Waals surface area contributed by atoms with Gasteiger partial charge < -0.3 is 5.32 Å². The Hall–Kier alpha value is -3.23. The molecule has 1 amide bonds. The van der Waals surface area contributed by atoms with Crippen molar-refractivity contribution >= 4 is 11.6 Å². The van der Waals surface area contributed by atoms with Crippen LogP contribution >= 0.6 is 0 Å². The lowest BCUT2D eigenvalue weighted by atomic mass is 9.99. The van der Waals surface area contributed by atoms with Gasteiger partial charge in [-0.15, -0.1) is 5.10 Å². The molecule has 0 aliphatic heterocycles. The first-order chi connectivity index (χ1) is 12.8. The number of alkyl halides is 2. The average Bonchev–Trinajstić information content (AvgIpc) is 3.08. The third-order valence-electron chi connectivity index (χ3n) is 4.08. The van der Waals surface area contributed by atoms with Crippen LogP contribution in [0.2, 0.25) is 0 Å². The predicted molar refractivity (Wildman–Crippen MR) is 92.2 cm³/mol. The zero-order chi connectivity index (χ0) is 19.6. The molecule has 1 N–H and O–H groups in total. The van der Waals surface area contributed by atoms with Gasteiger partial charge in [-0.05, 0) is 47.5 Å². The highest BCUT2D eigenvalue weighted by Gasteiger charge is 2.42. The van der Waals surface area contributed by atoms with Crippen molar-refractivity contribution in [3.8, 4) is 5.69 Å². The van der Waals surface area contributed by atoms with E-state index in [1.807, 2.05) is 0 Å². The number of aryl methyl sites for hydroxylation is 2. The quantitative estimate of drug-likeness (QED) is 0.742. The molecule has 0 spiro atoms. The molecule has 140 valence electrons. The molecule has 1 heterocycles. The number of nitrogens with zero attached hydrogens (tertiary/aromatic N) is 4. The summed E-state index contributed by atoms with van der Waals surface area (Å²) < 4.78 is 44.5. The summed E-state index contributed by atoms with van der Waals surface area (Å²) in [6.45, 7) is 3.29. The third kappa shape index (κ3) is 3.53. The molecule has 0 unspecified atom stereocenters. The number of tetrazole rings is 1. The van der Waals surface area contributed by atoms with Crippen molar-refractivity contribution in [2.24, 2.45) is 0 Å². The molecule has 3 rings (SSSR count). The van der Waals surface area contributed by atoms with Crippen molar-refractivity contribution in [2.75, 3.05) is 5.32 Å². The van der Waals surface area contributed by atoms with Crippen LogP contribution in [0.25, 0.3) is 5.69 Å². The fraction of sp³-hybridized carbons (Fsp3) is 0.222. The molecule has 3 aromatic rings. The lowest BCUT2D eigenvalue weighted by Gasteiger charge is -2.19. The smallest absolute Gasteiger partial charge is 0.320 e. The van der Waals surface area contributed by atoms with Crippen LogP contribution in [0.3, 0.4) is 0 Å². The maximum atomic E-state index is 14.7. The molecule has 1 aromatic heterocycles. The Bertz CT molecular complexity index is 987. The first-order valence-electron chi connectivity index (χ1n) is 8.17. The molecule has 9 heteroatoms. The topological polar surface area (TPSA) is 72.7 Å². The van der Waals surface area contributed by atoms with Crippen LogP contribution in [0.1, 0.15) is 23.9 Å². The number of carbonyl (C=O) groups is 1. The van der Waals surface area contributed by atoms with E-state index in [-0.39, 0.29) is 16.9 Å². The SMILES string of the molecule is CCc1ccccc1C(F)(F)C(=O)Nc1ccc(F)c(-n2nnnc2C)c1. The average molecular weight is 375 g/mol. The number of halogens is 3. The molecule has 0 bridgehead atoms. The van der Waals surface area contributed by atoms with E-state index >= 15 is 0 Å². The number of benzene rings is 2. The van der Waals surface area contributed by atoms with Gasteiger partial charge in [-0.25, -0.2) is 4.39 Å². The number of hydrogen-bond donors (Lipinski definition) is 1. The van der Waals surface area contributed by atoms with Gasteiger partial charge >= 0.3 is 5.92 Å². The molecule has 0 aliphatic rings. The summed E-state index contributed by atoms with van der Waals surface area (Å²) in [4.78, 5) is 12.3. The first-order valence-corrected chi connectivity index (χ1v) is 8.17. The molecule has 0 atom stereocenters. The van der Waals surface area contributed by atoms with E-state index in [4.69, 9.17) is 0 Å². The van der Waals surface area contributed by atoms with Crippen LogP contribution < -0.4 is 5.32 Å². The zero-order valence-corrected chi connectivity index (χ0v) is 14.6. The highest BCUT2D eigenvalue weighted by Crippen LogP contribution is 2.32. The second-order valence-corrected chi connectivity index (χ2v) is 5.84. The van der Waals surface area contributed by atoms with Gasteiger partial charge in [0.25, 0.3) is 5.91 Å². The number of carbonyl (C=O) groups excluding carboxylic acids is 1. The lowest BCUT2D eigenvalue weighted by molar-refractivity contribution is -0.141. The lowest BCUT2D eigenvalue weighted by Crippen LogP contribution is -2.33. The molecule has 27 heavy (non-hydrogen) atoms. The Morgan fingerprint density at radius 1 is 1.22 bits per heavy atom. The summed E-state index contributed by atoms with van der Waals surface area (Å²) in [7, 11) is 0. The summed E-state index contributed by atoms with van der Waals surface area (Å²) in [5.41, 5.74) is -0.0436. The summed E-state index contributed by atoms with van der Waals surface area (Å²) in [5.74, 6) is -5.60. The molecular formula is C18H16F3N5O. The van der Waals surface area contributed by atoms with Crippen molar-refractivity contribution in [1.29, 1.82) is 0 Å². The van der Waals surface area contributed by atoms with Crippen molar-refractivity contribution < 1.29 is 18.0 Å². The first kappa shape index (κ1) is 18.6. The Morgan fingerprint density at radius 2 is 1.96 bits per heavy atom. The molecule has 0 aliphatic carbocycles. The van der Waals surface area contributed by atoms with Crippen LogP contribution in [0.5, 0.6) is 0 Å². The molecule has 0 saturated carbocycles. The van der Waals surface area contributed by atoms with Crippen LogP contribution in [-0.4, -0.2) is 26.1 Å². The van der Waals surface area contributed by atoms with Crippen LogP contribution in [0, 0.1) is 12.7 Å². The highest BCUT2D eigenvalue weighted by molar-refractivity contribution is 5.97.